The lowest BCUT2D eigenvalue weighted by Crippen LogP contribution is -2.38. The molecule has 3 aromatic rings. The normalized spacial score (nSPS) is 15.4. The third-order valence-corrected chi connectivity index (χ3v) is 6.35. The van der Waals surface area contributed by atoms with Crippen LogP contribution in [-0.2, 0) is 11.2 Å². The van der Waals surface area contributed by atoms with Crippen LogP contribution in [0.15, 0.2) is 40.2 Å². The topological polar surface area (TPSA) is 91.5 Å². The van der Waals surface area contributed by atoms with Crippen molar-refractivity contribution in [3.63, 3.8) is 0 Å². The molecule has 0 bridgehead atoms. The first kappa shape index (κ1) is 20.8. The number of aryl methyl sites for hydroxylation is 1. The highest BCUT2D eigenvalue weighted by molar-refractivity contribution is 7.13. The molecule has 7 nitrogen and oxygen atoms in total. The maximum Gasteiger partial charge on any atom is 0.227 e. The van der Waals surface area contributed by atoms with Crippen LogP contribution < -0.4 is 5.32 Å². The van der Waals surface area contributed by atoms with Crippen LogP contribution in [0.4, 0.5) is 5.69 Å². The molecule has 0 unspecified atom stereocenters. The SMILES string of the molecule is O=C(Nc1cc(Cl)ccc1O)C1CCN(CCCc2nc(-c3cccs3)no2)CC1. The zero-order valence-electron chi connectivity index (χ0n) is 16.4. The summed E-state index contributed by atoms with van der Waals surface area (Å²) < 4.78 is 5.35. The van der Waals surface area contributed by atoms with Crippen molar-refractivity contribution < 1.29 is 14.4 Å². The number of amides is 1. The second-order valence-corrected chi connectivity index (χ2v) is 8.74. The number of hydrogen-bond acceptors (Lipinski definition) is 7. The molecule has 2 aromatic heterocycles. The summed E-state index contributed by atoms with van der Waals surface area (Å²) in [5.41, 5.74) is 0.358. The van der Waals surface area contributed by atoms with Crippen LogP contribution in [0, 0.1) is 5.92 Å². The summed E-state index contributed by atoms with van der Waals surface area (Å²) in [5, 5.41) is 19.2. The van der Waals surface area contributed by atoms with E-state index in [-0.39, 0.29) is 17.6 Å². The Kier molecular flexibility index (Phi) is 6.66. The molecule has 1 fully saturated rings. The monoisotopic (exact) mass is 446 g/mol. The number of rotatable bonds is 7. The first-order valence-electron chi connectivity index (χ1n) is 9.96. The molecule has 0 aliphatic carbocycles. The van der Waals surface area contributed by atoms with Crippen molar-refractivity contribution >= 4 is 34.5 Å². The lowest BCUT2D eigenvalue weighted by atomic mass is 9.95. The van der Waals surface area contributed by atoms with Crippen molar-refractivity contribution in [3.8, 4) is 16.5 Å². The van der Waals surface area contributed by atoms with Crippen LogP contribution in [0.25, 0.3) is 10.7 Å². The molecule has 1 aliphatic heterocycles. The Hall–Kier alpha value is -2.42. The molecule has 3 heterocycles. The zero-order chi connectivity index (χ0) is 20.9. The van der Waals surface area contributed by atoms with Gasteiger partial charge in [0.15, 0.2) is 0 Å². The highest BCUT2D eigenvalue weighted by atomic mass is 35.5. The first-order valence-corrected chi connectivity index (χ1v) is 11.2. The minimum Gasteiger partial charge on any atom is -0.506 e. The number of phenols is 1. The van der Waals surface area contributed by atoms with Gasteiger partial charge in [-0.05, 0) is 68.5 Å². The standard InChI is InChI=1S/C21H23ClN4O3S/c22-15-5-6-17(27)16(13-15)23-21(28)14-7-10-26(11-8-14)9-1-4-19-24-20(25-29-19)18-3-2-12-30-18/h2-3,5-6,12-14,27H,1,4,7-11H2,(H,23,28). The van der Waals surface area contributed by atoms with Crippen LogP contribution in [0.5, 0.6) is 5.75 Å². The van der Waals surface area contributed by atoms with E-state index in [1.165, 1.54) is 6.07 Å². The number of nitrogens with one attached hydrogen (secondary N) is 1. The van der Waals surface area contributed by atoms with Crippen molar-refractivity contribution in [3.05, 3.63) is 46.6 Å². The number of thiophene rings is 1. The van der Waals surface area contributed by atoms with Crippen molar-refractivity contribution in [2.24, 2.45) is 5.92 Å². The Bertz CT molecular complexity index is 984. The zero-order valence-corrected chi connectivity index (χ0v) is 18.0. The number of aromatic hydroxyl groups is 1. The summed E-state index contributed by atoms with van der Waals surface area (Å²) in [6.45, 7) is 2.66. The van der Waals surface area contributed by atoms with Gasteiger partial charge in [-0.1, -0.05) is 22.8 Å². The van der Waals surface area contributed by atoms with Gasteiger partial charge in [-0.25, -0.2) is 0 Å². The van der Waals surface area contributed by atoms with Crippen LogP contribution in [0.2, 0.25) is 5.02 Å². The number of nitrogens with zero attached hydrogens (tertiary/aromatic N) is 3. The fourth-order valence-corrected chi connectivity index (χ4v) is 4.40. The van der Waals surface area contributed by atoms with E-state index < -0.39 is 0 Å². The molecule has 1 aromatic carbocycles. The number of halogens is 1. The Morgan fingerprint density at radius 2 is 2.17 bits per heavy atom. The maximum atomic E-state index is 12.5. The molecular weight excluding hydrogens is 424 g/mol. The Morgan fingerprint density at radius 3 is 2.93 bits per heavy atom. The van der Waals surface area contributed by atoms with E-state index in [0.717, 1.165) is 50.2 Å². The molecule has 0 spiro atoms. The molecule has 0 saturated carbocycles. The highest BCUT2D eigenvalue weighted by Crippen LogP contribution is 2.28. The smallest absolute Gasteiger partial charge is 0.227 e. The molecule has 30 heavy (non-hydrogen) atoms. The number of anilines is 1. The van der Waals surface area contributed by atoms with E-state index in [4.69, 9.17) is 16.1 Å². The minimum atomic E-state index is -0.0702. The summed E-state index contributed by atoms with van der Waals surface area (Å²) in [5.74, 6) is 1.20. The minimum absolute atomic E-state index is 0.0217. The van der Waals surface area contributed by atoms with Gasteiger partial charge < -0.3 is 19.8 Å². The Balaban J connectivity index is 1.19. The number of carbonyl (C=O) groups excluding carboxylic acids is 1. The van der Waals surface area contributed by atoms with Crippen LogP contribution in [0.3, 0.4) is 0 Å². The molecule has 4 rings (SSSR count). The van der Waals surface area contributed by atoms with Gasteiger partial charge in [-0.3, -0.25) is 4.79 Å². The summed E-state index contributed by atoms with van der Waals surface area (Å²) >= 11 is 7.54. The summed E-state index contributed by atoms with van der Waals surface area (Å²) in [6, 6.07) is 8.58. The number of phenolic OH excluding ortho intramolecular Hbond substituents is 1. The van der Waals surface area contributed by atoms with Gasteiger partial charge in [0.2, 0.25) is 17.6 Å². The molecule has 0 radical (unpaired) electrons. The van der Waals surface area contributed by atoms with E-state index >= 15 is 0 Å². The fourth-order valence-electron chi connectivity index (χ4n) is 3.58. The van der Waals surface area contributed by atoms with E-state index in [1.807, 2.05) is 17.5 Å². The predicted octanol–water partition coefficient (Wildman–Crippen LogP) is 4.44. The molecule has 0 atom stereocenters. The van der Waals surface area contributed by atoms with Gasteiger partial charge in [0.05, 0.1) is 10.6 Å². The molecule has 1 amide bonds. The lowest BCUT2D eigenvalue weighted by molar-refractivity contribution is -0.121. The largest absolute Gasteiger partial charge is 0.506 e. The lowest BCUT2D eigenvalue weighted by Gasteiger charge is -2.31. The third-order valence-electron chi connectivity index (χ3n) is 5.25. The summed E-state index contributed by atoms with van der Waals surface area (Å²) in [6.07, 6.45) is 3.25. The average Bonchev–Trinajstić information content (AvgIpc) is 3.43. The summed E-state index contributed by atoms with van der Waals surface area (Å²) in [7, 11) is 0. The number of likely N-dealkylation sites (tertiary alicyclic amines) is 1. The molecule has 1 saturated heterocycles. The number of hydrogen-bond donors (Lipinski definition) is 2. The van der Waals surface area contributed by atoms with E-state index in [9.17, 15) is 9.90 Å². The van der Waals surface area contributed by atoms with Gasteiger partial charge in [0.25, 0.3) is 0 Å². The molecular formula is C21H23ClN4O3S. The number of piperidine rings is 1. The number of carbonyl (C=O) groups is 1. The third kappa shape index (κ3) is 5.19. The number of aromatic nitrogens is 2. The second kappa shape index (κ2) is 9.59. The van der Waals surface area contributed by atoms with E-state index in [1.54, 1.807) is 23.5 Å². The molecule has 2 N–H and O–H groups in total. The Morgan fingerprint density at radius 1 is 1.33 bits per heavy atom. The molecule has 158 valence electrons. The number of benzene rings is 1. The molecule has 1 aliphatic rings. The van der Waals surface area contributed by atoms with E-state index in [2.05, 4.69) is 20.4 Å². The quantitative estimate of drug-likeness (QED) is 0.521. The van der Waals surface area contributed by atoms with Crippen LogP contribution in [0.1, 0.15) is 25.2 Å². The molecule has 9 heteroatoms. The average molecular weight is 447 g/mol. The van der Waals surface area contributed by atoms with Gasteiger partial charge in [0, 0.05) is 17.4 Å². The van der Waals surface area contributed by atoms with Crippen molar-refractivity contribution in [1.82, 2.24) is 15.0 Å². The first-order chi connectivity index (χ1) is 14.6. The summed E-state index contributed by atoms with van der Waals surface area (Å²) in [4.78, 5) is 20.3. The predicted molar refractivity (Wildman–Crippen MR) is 117 cm³/mol. The van der Waals surface area contributed by atoms with Gasteiger partial charge in [-0.2, -0.15) is 4.98 Å². The maximum absolute atomic E-state index is 12.5. The van der Waals surface area contributed by atoms with Crippen molar-refractivity contribution in [1.29, 1.82) is 0 Å². The van der Waals surface area contributed by atoms with Crippen molar-refractivity contribution in [2.75, 3.05) is 25.0 Å². The highest BCUT2D eigenvalue weighted by Gasteiger charge is 2.25. The van der Waals surface area contributed by atoms with Crippen molar-refractivity contribution in [2.45, 2.75) is 25.7 Å². The fraction of sp³-hybridized carbons (Fsp3) is 0.381. The van der Waals surface area contributed by atoms with Crippen LogP contribution in [-0.4, -0.2) is 45.7 Å². The van der Waals surface area contributed by atoms with Gasteiger partial charge in [0.1, 0.15) is 5.75 Å². The van der Waals surface area contributed by atoms with Gasteiger partial charge in [-0.15, -0.1) is 11.3 Å². The van der Waals surface area contributed by atoms with E-state index in [0.29, 0.717) is 22.4 Å². The van der Waals surface area contributed by atoms with Crippen LogP contribution >= 0.6 is 22.9 Å². The Labute approximate surface area is 183 Å². The second-order valence-electron chi connectivity index (χ2n) is 7.36. The van der Waals surface area contributed by atoms with Gasteiger partial charge >= 0.3 is 0 Å².